The van der Waals surface area contributed by atoms with Crippen molar-refractivity contribution in [3.8, 4) is 0 Å². The molecule has 0 amide bonds. The van der Waals surface area contributed by atoms with Gasteiger partial charge in [0.25, 0.3) is 0 Å². The van der Waals surface area contributed by atoms with Crippen LogP contribution >= 0.6 is 0 Å². The Morgan fingerprint density at radius 1 is 0.735 bits per heavy atom. The van der Waals surface area contributed by atoms with E-state index in [9.17, 15) is 30.3 Å². The molecule has 0 aromatic rings. The minimum atomic E-state index is -1.64. The van der Waals surface area contributed by atoms with Crippen LogP contribution in [0.4, 0.5) is 0 Å². The summed E-state index contributed by atoms with van der Waals surface area (Å²) in [5.41, 5.74) is 1.64. The van der Waals surface area contributed by atoms with Gasteiger partial charge < -0.3 is 58.7 Å². The molecule has 5 N–H and O–H groups in total. The van der Waals surface area contributed by atoms with E-state index in [1.165, 1.54) is 82.6 Å². The van der Waals surface area contributed by atoms with E-state index in [2.05, 4.69) is 40.7 Å². The lowest BCUT2D eigenvalue weighted by molar-refractivity contribution is -0.369. The summed E-state index contributed by atoms with van der Waals surface area (Å²) < 4.78 is 44.3. The van der Waals surface area contributed by atoms with Crippen molar-refractivity contribution >= 4 is 5.97 Å². The van der Waals surface area contributed by atoms with Crippen LogP contribution in [0, 0.1) is 46.3 Å². The SMILES string of the molecule is CCCCCCCCCCCCCCCC(=O)OCC1OC(O[C@H]2CC[C@@]3(C)C(=CC[C@H]4C5C[C@@H]6O[C@]7(CC[C@@H](C)CO7)[C@@H](C)C6[C@@]5(C)CC[C@@H]43)C2)C(OC2OC(C)C(O)C(O)C2O)C(O)C1O. The summed E-state index contributed by atoms with van der Waals surface area (Å²) in [5.74, 6) is 2.42. The number of carbonyl (C=O) groups is 1. The van der Waals surface area contributed by atoms with Gasteiger partial charge in [0, 0.05) is 18.8 Å². The van der Waals surface area contributed by atoms with Crippen molar-refractivity contribution in [2.24, 2.45) is 46.3 Å². The summed E-state index contributed by atoms with van der Waals surface area (Å²) in [6, 6.07) is 0. The quantitative estimate of drug-likeness (QED) is 0.0446. The Kier molecular flexibility index (Phi) is 17.9. The molecule has 1 spiro atoms. The van der Waals surface area contributed by atoms with Crippen LogP contribution in [0.3, 0.4) is 0 Å². The Hall–Kier alpha value is -1.23. The van der Waals surface area contributed by atoms with Gasteiger partial charge in [-0.25, -0.2) is 0 Å². The van der Waals surface area contributed by atoms with Gasteiger partial charge in [0.05, 0.1) is 24.9 Å². The summed E-state index contributed by atoms with van der Waals surface area (Å²) >= 11 is 0. The molecule has 3 saturated carbocycles. The number of carbonyl (C=O) groups excluding carboxylic acids is 1. The van der Waals surface area contributed by atoms with Gasteiger partial charge in [0.15, 0.2) is 18.4 Å². The molecule has 13 nitrogen and oxygen atoms in total. The first-order chi connectivity index (χ1) is 32.6. The van der Waals surface area contributed by atoms with Gasteiger partial charge in [-0.05, 0) is 105 Å². The van der Waals surface area contributed by atoms with Crippen LogP contribution in [0.25, 0.3) is 0 Å². The third-order valence-corrected chi connectivity index (χ3v) is 19.3. The average molecular weight is 961 g/mol. The van der Waals surface area contributed by atoms with E-state index in [0.717, 1.165) is 64.4 Å². The highest BCUT2D eigenvalue weighted by Crippen LogP contribution is 2.70. The number of hydrogen-bond acceptors (Lipinski definition) is 13. The lowest BCUT2D eigenvalue weighted by Crippen LogP contribution is -2.64. The molecule has 4 heterocycles. The summed E-state index contributed by atoms with van der Waals surface area (Å²) in [6.07, 6.45) is 13.9. The monoisotopic (exact) mass is 961 g/mol. The van der Waals surface area contributed by atoms with Gasteiger partial charge in [0.1, 0.15) is 49.3 Å². The summed E-state index contributed by atoms with van der Waals surface area (Å²) in [4.78, 5) is 12.9. The Morgan fingerprint density at radius 3 is 2.10 bits per heavy atom. The van der Waals surface area contributed by atoms with Crippen LogP contribution < -0.4 is 0 Å². The molecule has 0 aromatic heterocycles. The van der Waals surface area contributed by atoms with Crippen LogP contribution in [0.5, 0.6) is 0 Å². The second-order valence-corrected chi connectivity index (χ2v) is 23.8. The van der Waals surface area contributed by atoms with Crippen LogP contribution in [0.1, 0.15) is 189 Å². The van der Waals surface area contributed by atoms with E-state index >= 15 is 0 Å². The zero-order valence-electron chi connectivity index (χ0n) is 42.6. The van der Waals surface area contributed by atoms with Crippen molar-refractivity contribution in [1.82, 2.24) is 0 Å². The normalized spacial score (nSPS) is 46.7. The van der Waals surface area contributed by atoms with Crippen molar-refractivity contribution in [1.29, 1.82) is 0 Å². The molecular formula is C55H92O13. The van der Waals surface area contributed by atoms with Crippen molar-refractivity contribution in [2.45, 2.75) is 269 Å². The largest absolute Gasteiger partial charge is 0.463 e. The predicted molar refractivity (Wildman–Crippen MR) is 256 cm³/mol. The molecule has 13 heteroatoms. The third kappa shape index (κ3) is 11.0. The first kappa shape index (κ1) is 53.1. The maximum atomic E-state index is 12.9. The topological polar surface area (TPSA) is 183 Å². The fourth-order valence-corrected chi connectivity index (χ4v) is 15.1. The third-order valence-electron chi connectivity index (χ3n) is 19.3. The number of fused-ring (bicyclic) bond motifs is 7. The number of esters is 1. The number of unbranched alkanes of at least 4 members (excludes halogenated alkanes) is 12. The zero-order chi connectivity index (χ0) is 48.4. The van der Waals surface area contributed by atoms with Gasteiger partial charge >= 0.3 is 5.97 Å². The van der Waals surface area contributed by atoms with Crippen LogP contribution in [0.2, 0.25) is 0 Å². The zero-order valence-corrected chi connectivity index (χ0v) is 42.6. The number of hydrogen-bond donors (Lipinski definition) is 5. The highest BCUT2D eigenvalue weighted by Gasteiger charge is 2.69. The smallest absolute Gasteiger partial charge is 0.305 e. The molecule has 0 radical (unpaired) electrons. The van der Waals surface area contributed by atoms with Crippen molar-refractivity contribution in [3.05, 3.63) is 11.6 Å². The van der Waals surface area contributed by atoms with E-state index in [1.807, 2.05) is 0 Å². The van der Waals surface area contributed by atoms with Crippen LogP contribution in [0.15, 0.2) is 11.6 Å². The van der Waals surface area contributed by atoms with E-state index in [0.29, 0.717) is 41.9 Å². The van der Waals surface area contributed by atoms with Gasteiger partial charge in [0.2, 0.25) is 0 Å². The molecule has 8 rings (SSSR count). The molecule has 21 atom stereocenters. The maximum Gasteiger partial charge on any atom is 0.305 e. The van der Waals surface area contributed by atoms with Gasteiger partial charge in [-0.3, -0.25) is 4.79 Å². The maximum absolute atomic E-state index is 12.9. The van der Waals surface area contributed by atoms with E-state index in [4.69, 9.17) is 33.2 Å². The minimum absolute atomic E-state index is 0.0221. The van der Waals surface area contributed by atoms with Gasteiger partial charge in [-0.15, -0.1) is 0 Å². The lowest BCUT2D eigenvalue weighted by atomic mass is 9.47. The fourth-order valence-electron chi connectivity index (χ4n) is 15.1. The fraction of sp³-hybridized carbons (Fsp3) is 0.945. The molecule has 0 bridgehead atoms. The molecule has 68 heavy (non-hydrogen) atoms. The average Bonchev–Trinajstić information content (AvgIpc) is 3.77. The molecule has 12 unspecified atom stereocenters. The second-order valence-electron chi connectivity index (χ2n) is 23.8. The van der Waals surface area contributed by atoms with Crippen LogP contribution in [-0.2, 0) is 38.0 Å². The Bertz CT molecular complexity index is 1650. The molecule has 8 aliphatic rings. The van der Waals surface area contributed by atoms with Crippen LogP contribution in [-0.4, -0.2) is 124 Å². The number of allylic oxidation sites excluding steroid dienone is 1. The Labute approximate surface area is 408 Å². The first-order valence-electron chi connectivity index (χ1n) is 27.8. The van der Waals surface area contributed by atoms with E-state index in [-0.39, 0.29) is 42.0 Å². The van der Waals surface area contributed by atoms with Crippen molar-refractivity contribution in [3.63, 3.8) is 0 Å². The summed E-state index contributed by atoms with van der Waals surface area (Å²) in [6.45, 7) is 14.0. The van der Waals surface area contributed by atoms with E-state index < -0.39 is 67.2 Å². The number of aliphatic hydroxyl groups excluding tert-OH is 5. The molecule has 4 saturated heterocycles. The minimum Gasteiger partial charge on any atom is -0.463 e. The number of ether oxygens (including phenoxy) is 7. The van der Waals surface area contributed by atoms with Crippen molar-refractivity contribution < 1.29 is 63.5 Å². The van der Waals surface area contributed by atoms with E-state index in [1.54, 1.807) is 6.92 Å². The summed E-state index contributed by atoms with van der Waals surface area (Å²) in [5, 5.41) is 54.9. The highest BCUT2D eigenvalue weighted by atomic mass is 16.8. The summed E-state index contributed by atoms with van der Waals surface area (Å²) in [7, 11) is 0. The Morgan fingerprint density at radius 2 is 1.43 bits per heavy atom. The second kappa shape index (κ2) is 22.9. The highest BCUT2D eigenvalue weighted by molar-refractivity contribution is 5.69. The molecule has 0 aromatic carbocycles. The predicted octanol–water partition coefficient (Wildman–Crippen LogP) is 8.42. The van der Waals surface area contributed by atoms with Gasteiger partial charge in [-0.2, -0.15) is 0 Å². The number of rotatable bonds is 20. The van der Waals surface area contributed by atoms with Gasteiger partial charge in [-0.1, -0.05) is 123 Å². The molecule has 7 fully saturated rings. The molecule has 390 valence electrons. The molecule has 4 aliphatic carbocycles. The number of aliphatic hydroxyl groups is 5. The molecule has 4 aliphatic heterocycles. The lowest BCUT2D eigenvalue weighted by Gasteiger charge is -2.58. The Balaban J connectivity index is 0.864. The van der Waals surface area contributed by atoms with Crippen molar-refractivity contribution in [2.75, 3.05) is 13.2 Å². The molecular weight excluding hydrogens is 869 g/mol. The first-order valence-corrected chi connectivity index (χ1v) is 27.8. The standard InChI is InChI=1S/C55H92O13/c1-7-8-9-10-11-12-13-14-15-16-17-18-19-20-43(56)62-32-42-46(58)48(60)50(67-51-49(61)47(59)45(57)35(4)64-51)52(66-42)65-37-24-26-53(5)36(29-37)21-22-38-39(53)25-27-54(6)40(38)30-41-44(54)34(3)55(68-41)28-23-33(2)31-63-55/h21,33-35,37-42,44-52,57-61H,7-20,22-32H2,1-6H3/t33-,34+,35?,37+,38-,39+,40?,41+,42?,44?,45?,46?,47?,48?,49?,50?,51?,52?,53+,54+,55-/m1/s1.